The van der Waals surface area contributed by atoms with E-state index in [1.54, 1.807) is 0 Å². The largest absolute Gasteiger partial charge is 0.472 e. The summed E-state index contributed by atoms with van der Waals surface area (Å²) in [5, 5.41) is 10.6. The van der Waals surface area contributed by atoms with Crippen LogP contribution in [0.4, 0.5) is 0 Å². The number of allylic oxidation sites excluding steroid dienone is 20. The van der Waals surface area contributed by atoms with Crippen LogP contribution in [0.3, 0.4) is 0 Å². The summed E-state index contributed by atoms with van der Waals surface area (Å²) in [6.07, 6.45) is 81.8. The minimum absolute atomic E-state index is 0.0732. The molecular formula is C83H142O17P2. The summed E-state index contributed by atoms with van der Waals surface area (Å²) < 4.78 is 68.5. The molecule has 0 saturated carbocycles. The van der Waals surface area contributed by atoms with E-state index in [4.69, 9.17) is 37.0 Å². The summed E-state index contributed by atoms with van der Waals surface area (Å²) in [6.45, 7) is 4.62. The van der Waals surface area contributed by atoms with Crippen LogP contribution in [-0.4, -0.2) is 96.7 Å². The number of hydrogen-bond acceptors (Lipinski definition) is 15. The van der Waals surface area contributed by atoms with Gasteiger partial charge in [0.05, 0.1) is 26.4 Å². The molecule has 0 bridgehead atoms. The van der Waals surface area contributed by atoms with Gasteiger partial charge < -0.3 is 33.8 Å². The third-order valence-electron chi connectivity index (χ3n) is 16.4. The molecule has 586 valence electrons. The van der Waals surface area contributed by atoms with Crippen LogP contribution in [0.25, 0.3) is 0 Å². The summed E-state index contributed by atoms with van der Waals surface area (Å²) in [7, 11) is -9.98. The molecule has 102 heavy (non-hydrogen) atoms. The van der Waals surface area contributed by atoms with Gasteiger partial charge in [0.15, 0.2) is 12.2 Å². The highest BCUT2D eigenvalue weighted by Crippen LogP contribution is 2.45. The molecule has 0 aromatic heterocycles. The molecule has 0 aliphatic carbocycles. The standard InChI is InChI=1S/C83H142O17P2/c1-5-9-13-17-21-25-29-33-36-37-38-39-42-45-48-52-56-60-64-68-81(86)94-74-79(100-83(88)70-66-62-58-54-50-46-41-35-31-27-23-19-15-11-7-3)76-98-102(91,92)96-72-77(84)71-95-101(89,90)97-75-78(99-82(87)69-65-61-57-53-49-43-32-28-24-20-16-12-8-4)73-93-80(85)67-63-59-55-51-47-44-40-34-30-26-22-18-14-10-6-2/h10,14,21-23,25-28,32-36,38-41,47,51,77-79,84H,5-9,11-13,15-20,24,29-31,37,42-46,48-50,52-76H2,1-4H3,(H,89,90)(H,91,92)/b14-10-,25-21-,26-22-,27-23-,32-28-,36-33-,39-38-,40-34-,41-35-,51-47-. The Labute approximate surface area is 619 Å². The van der Waals surface area contributed by atoms with Gasteiger partial charge >= 0.3 is 39.5 Å². The normalized spacial score (nSPS) is 14.5. The molecule has 0 fully saturated rings. The minimum atomic E-state index is -4.99. The molecule has 5 atom stereocenters. The van der Waals surface area contributed by atoms with E-state index in [9.17, 15) is 43.2 Å². The maximum absolute atomic E-state index is 13.1. The van der Waals surface area contributed by atoms with Crippen molar-refractivity contribution >= 4 is 39.5 Å². The van der Waals surface area contributed by atoms with Gasteiger partial charge in [-0.25, -0.2) is 9.13 Å². The van der Waals surface area contributed by atoms with Crippen molar-refractivity contribution in [1.82, 2.24) is 0 Å². The molecule has 0 aromatic carbocycles. The van der Waals surface area contributed by atoms with Crippen molar-refractivity contribution in [3.05, 3.63) is 122 Å². The van der Waals surface area contributed by atoms with Crippen molar-refractivity contribution in [2.75, 3.05) is 39.6 Å². The number of rotatable bonds is 74. The highest BCUT2D eigenvalue weighted by molar-refractivity contribution is 7.47. The molecule has 17 nitrogen and oxygen atoms in total. The Kier molecular flexibility index (Phi) is 71.4. The molecule has 3 N–H and O–H groups in total. The Morgan fingerprint density at radius 2 is 0.510 bits per heavy atom. The summed E-state index contributed by atoms with van der Waals surface area (Å²) >= 11 is 0. The molecule has 0 heterocycles. The number of ether oxygens (including phenoxy) is 4. The predicted molar refractivity (Wildman–Crippen MR) is 418 cm³/mol. The lowest BCUT2D eigenvalue weighted by Crippen LogP contribution is -2.30. The molecule has 0 aromatic rings. The first-order valence-electron chi connectivity index (χ1n) is 39.8. The van der Waals surface area contributed by atoms with Crippen LogP contribution in [0.2, 0.25) is 0 Å². The van der Waals surface area contributed by atoms with Crippen LogP contribution in [0.15, 0.2) is 122 Å². The lowest BCUT2D eigenvalue weighted by molar-refractivity contribution is -0.161. The number of phosphoric ester groups is 2. The molecule has 0 aliphatic heterocycles. The van der Waals surface area contributed by atoms with Crippen molar-refractivity contribution in [3.8, 4) is 0 Å². The third-order valence-corrected chi connectivity index (χ3v) is 18.3. The third kappa shape index (κ3) is 73.8. The van der Waals surface area contributed by atoms with Crippen LogP contribution in [0.1, 0.15) is 323 Å². The molecule has 0 aliphatic rings. The molecule has 0 saturated heterocycles. The van der Waals surface area contributed by atoms with Gasteiger partial charge in [-0.1, -0.05) is 258 Å². The number of carbonyl (C=O) groups excluding carboxylic acids is 4. The van der Waals surface area contributed by atoms with E-state index < -0.39 is 97.5 Å². The van der Waals surface area contributed by atoms with Gasteiger partial charge in [-0.15, -0.1) is 0 Å². The fraction of sp³-hybridized carbons (Fsp3) is 0.711. The fourth-order valence-electron chi connectivity index (χ4n) is 10.3. The van der Waals surface area contributed by atoms with Crippen LogP contribution < -0.4 is 0 Å². The van der Waals surface area contributed by atoms with Crippen molar-refractivity contribution in [2.45, 2.75) is 341 Å². The zero-order valence-corrected chi connectivity index (χ0v) is 65.8. The average molecular weight is 1470 g/mol. The Balaban J connectivity index is 5.40. The molecule has 0 amide bonds. The zero-order valence-electron chi connectivity index (χ0n) is 64.0. The van der Waals surface area contributed by atoms with Gasteiger partial charge in [0.2, 0.25) is 0 Å². The predicted octanol–water partition coefficient (Wildman–Crippen LogP) is 23.1. The maximum atomic E-state index is 13.1. The van der Waals surface area contributed by atoms with Crippen LogP contribution >= 0.6 is 15.6 Å². The smallest absolute Gasteiger partial charge is 0.462 e. The number of esters is 4. The number of phosphoric acid groups is 2. The summed E-state index contributed by atoms with van der Waals surface area (Å²) in [6, 6.07) is 0. The first-order chi connectivity index (χ1) is 49.7. The monoisotopic (exact) mass is 1470 g/mol. The second-order valence-corrected chi connectivity index (χ2v) is 29.2. The summed E-state index contributed by atoms with van der Waals surface area (Å²) in [5.41, 5.74) is 0. The lowest BCUT2D eigenvalue weighted by atomic mass is 10.1. The van der Waals surface area contributed by atoms with Crippen LogP contribution in [0.5, 0.6) is 0 Å². The number of hydrogen-bond donors (Lipinski definition) is 3. The molecule has 19 heteroatoms. The summed E-state index contributed by atoms with van der Waals surface area (Å²) in [5.74, 6) is -2.26. The quantitative estimate of drug-likeness (QED) is 0.0169. The van der Waals surface area contributed by atoms with E-state index in [0.29, 0.717) is 25.7 Å². The Morgan fingerprint density at radius 1 is 0.284 bits per heavy atom. The molecule has 0 spiro atoms. The van der Waals surface area contributed by atoms with Gasteiger partial charge in [0.25, 0.3) is 0 Å². The first kappa shape index (κ1) is 97.5. The number of aliphatic hydroxyl groups excluding tert-OH is 1. The number of aliphatic hydroxyl groups is 1. The van der Waals surface area contributed by atoms with E-state index in [0.717, 1.165) is 180 Å². The Bertz CT molecular complexity index is 2410. The van der Waals surface area contributed by atoms with Gasteiger partial charge in [-0.2, -0.15) is 0 Å². The second kappa shape index (κ2) is 74.7. The van der Waals surface area contributed by atoms with E-state index in [-0.39, 0.29) is 25.7 Å². The topological polar surface area (TPSA) is 237 Å². The van der Waals surface area contributed by atoms with Gasteiger partial charge in [-0.05, 0) is 161 Å². The summed E-state index contributed by atoms with van der Waals surface area (Å²) in [4.78, 5) is 73.0. The van der Waals surface area contributed by atoms with Crippen LogP contribution in [0, 0.1) is 0 Å². The number of unbranched alkanes of at least 4 members (excludes halogenated alkanes) is 28. The van der Waals surface area contributed by atoms with Crippen molar-refractivity contribution in [2.24, 2.45) is 0 Å². The lowest BCUT2D eigenvalue weighted by Gasteiger charge is -2.21. The average Bonchev–Trinajstić information content (AvgIpc) is 0.909. The van der Waals surface area contributed by atoms with Crippen molar-refractivity contribution in [1.29, 1.82) is 0 Å². The van der Waals surface area contributed by atoms with Crippen molar-refractivity contribution < 1.29 is 80.2 Å². The first-order valence-corrected chi connectivity index (χ1v) is 42.8. The van der Waals surface area contributed by atoms with E-state index in [1.807, 2.05) is 0 Å². The molecule has 0 radical (unpaired) electrons. The molecular weight excluding hydrogens is 1330 g/mol. The molecule has 0 rings (SSSR count). The zero-order chi connectivity index (χ0) is 74.6. The number of carbonyl (C=O) groups is 4. The Morgan fingerprint density at radius 3 is 0.833 bits per heavy atom. The minimum Gasteiger partial charge on any atom is -0.462 e. The van der Waals surface area contributed by atoms with Gasteiger partial charge in [-0.3, -0.25) is 37.3 Å². The second-order valence-electron chi connectivity index (χ2n) is 26.3. The fourth-order valence-corrected chi connectivity index (χ4v) is 11.9. The highest BCUT2D eigenvalue weighted by atomic mass is 31.2. The SMILES string of the molecule is CC/C=C\C/C=C\C/C=C\C/C=C\CCCCC(=O)OCC(COP(=O)(O)OCC(O)COP(=O)(O)OCC(COC(=O)CCCCCCCC/C=C\C/C=C\C/C=C\CCCCC)OC(=O)CCCCCCC/C=C\C/C=C\CCCCC)OC(=O)CCCCCCC/C=C\CCCCCC. The highest BCUT2D eigenvalue weighted by Gasteiger charge is 2.30. The Hall–Kier alpha value is -4.54. The van der Waals surface area contributed by atoms with E-state index in [2.05, 4.69) is 149 Å². The van der Waals surface area contributed by atoms with E-state index in [1.165, 1.54) is 64.2 Å². The van der Waals surface area contributed by atoms with Crippen LogP contribution in [-0.2, 0) is 65.4 Å². The van der Waals surface area contributed by atoms with Gasteiger partial charge in [0, 0.05) is 25.7 Å². The van der Waals surface area contributed by atoms with E-state index >= 15 is 0 Å². The molecule has 5 unspecified atom stereocenters. The van der Waals surface area contributed by atoms with Gasteiger partial charge in [0.1, 0.15) is 19.3 Å². The van der Waals surface area contributed by atoms with Crippen molar-refractivity contribution in [3.63, 3.8) is 0 Å². The maximum Gasteiger partial charge on any atom is 0.472 e.